The van der Waals surface area contributed by atoms with Gasteiger partial charge < -0.3 is 15.2 Å². The highest BCUT2D eigenvalue weighted by Gasteiger charge is 2.35. The Balaban J connectivity index is 2.86. The Morgan fingerprint density at radius 2 is 1.74 bits per heavy atom. The van der Waals surface area contributed by atoms with Gasteiger partial charge in [0, 0.05) is 0 Å². The molecule has 0 aromatic heterocycles. The number of alkyl halides is 3. The van der Waals surface area contributed by atoms with Gasteiger partial charge in [0.25, 0.3) is 5.91 Å². The molecule has 23 heavy (non-hydrogen) atoms. The fourth-order valence-corrected chi connectivity index (χ4v) is 1.83. The second-order valence-corrected chi connectivity index (χ2v) is 5.32. The molecule has 0 heterocycles. The van der Waals surface area contributed by atoms with Crippen molar-refractivity contribution in [3.8, 4) is 5.75 Å². The first kappa shape index (κ1) is 18.8. The molecule has 0 radical (unpaired) electrons. The van der Waals surface area contributed by atoms with Crippen LogP contribution in [0.3, 0.4) is 0 Å². The van der Waals surface area contributed by atoms with E-state index in [1.165, 1.54) is 19.1 Å². The molecular weight excluding hydrogens is 315 g/mol. The Morgan fingerprint density at radius 3 is 2.22 bits per heavy atom. The van der Waals surface area contributed by atoms with Gasteiger partial charge in [-0.2, -0.15) is 13.2 Å². The van der Waals surface area contributed by atoms with Gasteiger partial charge in [-0.1, -0.05) is 26.0 Å². The highest BCUT2D eigenvalue weighted by Crippen LogP contribution is 2.36. The van der Waals surface area contributed by atoms with E-state index in [1.807, 2.05) is 0 Å². The Morgan fingerprint density at radius 1 is 1.17 bits per heavy atom. The molecule has 128 valence electrons. The third kappa shape index (κ3) is 5.15. The lowest BCUT2D eigenvalue weighted by Gasteiger charge is -2.22. The van der Waals surface area contributed by atoms with E-state index in [0.29, 0.717) is 0 Å². The van der Waals surface area contributed by atoms with Crippen LogP contribution >= 0.6 is 0 Å². The van der Waals surface area contributed by atoms with Crippen LogP contribution in [-0.4, -0.2) is 29.1 Å². The number of benzene rings is 1. The van der Waals surface area contributed by atoms with Crippen molar-refractivity contribution in [1.82, 2.24) is 5.32 Å². The summed E-state index contributed by atoms with van der Waals surface area (Å²) < 4.78 is 43.7. The number of rotatable bonds is 6. The molecule has 0 aliphatic heterocycles. The van der Waals surface area contributed by atoms with E-state index in [0.717, 1.165) is 12.1 Å². The van der Waals surface area contributed by atoms with Crippen molar-refractivity contribution in [2.24, 2.45) is 5.92 Å². The molecule has 0 spiro atoms. The standard InChI is InChI=1S/C15H18F3NO4/c1-8(2)12(14(21)22)19-13(20)9(3)23-11-7-5-4-6-10(11)15(16,17)18/h4-9,12H,1-3H3,(H,19,20)(H,21,22). The fraction of sp³-hybridized carbons (Fsp3) is 0.467. The van der Waals surface area contributed by atoms with E-state index < -0.39 is 41.5 Å². The third-order valence-electron chi connectivity index (χ3n) is 3.10. The van der Waals surface area contributed by atoms with Crippen molar-refractivity contribution in [2.75, 3.05) is 0 Å². The van der Waals surface area contributed by atoms with Crippen molar-refractivity contribution in [2.45, 2.75) is 39.1 Å². The van der Waals surface area contributed by atoms with Crippen LogP contribution in [0.25, 0.3) is 0 Å². The molecule has 5 nitrogen and oxygen atoms in total. The topological polar surface area (TPSA) is 75.6 Å². The van der Waals surface area contributed by atoms with Gasteiger partial charge in [-0.3, -0.25) is 4.79 Å². The van der Waals surface area contributed by atoms with E-state index in [1.54, 1.807) is 13.8 Å². The zero-order chi connectivity index (χ0) is 17.8. The number of hydrogen-bond acceptors (Lipinski definition) is 3. The summed E-state index contributed by atoms with van der Waals surface area (Å²) >= 11 is 0. The highest BCUT2D eigenvalue weighted by molar-refractivity contribution is 5.86. The summed E-state index contributed by atoms with van der Waals surface area (Å²) in [7, 11) is 0. The van der Waals surface area contributed by atoms with Crippen molar-refractivity contribution in [1.29, 1.82) is 0 Å². The normalized spacial score (nSPS) is 14.2. The van der Waals surface area contributed by atoms with Crippen LogP contribution in [-0.2, 0) is 15.8 Å². The number of nitrogens with one attached hydrogen (secondary N) is 1. The lowest BCUT2D eigenvalue weighted by molar-refractivity contribution is -0.144. The molecule has 1 rings (SSSR count). The minimum atomic E-state index is -4.62. The Labute approximate surface area is 131 Å². The summed E-state index contributed by atoms with van der Waals surface area (Å²) in [6.45, 7) is 4.45. The quantitative estimate of drug-likeness (QED) is 0.839. The predicted octanol–water partition coefficient (Wildman–Crippen LogP) is 2.70. The van der Waals surface area contributed by atoms with Crippen molar-refractivity contribution in [3.63, 3.8) is 0 Å². The summed E-state index contributed by atoms with van der Waals surface area (Å²) in [5, 5.41) is 11.3. The minimum Gasteiger partial charge on any atom is -0.480 e. The number of carbonyl (C=O) groups excluding carboxylic acids is 1. The predicted molar refractivity (Wildman–Crippen MR) is 75.9 cm³/mol. The zero-order valence-electron chi connectivity index (χ0n) is 12.8. The van der Waals surface area contributed by atoms with Gasteiger partial charge in [0.2, 0.25) is 0 Å². The van der Waals surface area contributed by atoms with E-state index in [9.17, 15) is 22.8 Å². The first-order valence-electron chi connectivity index (χ1n) is 6.90. The van der Waals surface area contributed by atoms with Gasteiger partial charge in [-0.05, 0) is 25.0 Å². The second-order valence-electron chi connectivity index (χ2n) is 5.32. The van der Waals surface area contributed by atoms with Crippen LogP contribution in [0.4, 0.5) is 13.2 Å². The summed E-state index contributed by atoms with van der Waals surface area (Å²) in [5.41, 5.74) is -1.00. The SMILES string of the molecule is CC(Oc1ccccc1C(F)(F)F)C(=O)NC(C(=O)O)C(C)C. The Hall–Kier alpha value is -2.25. The van der Waals surface area contributed by atoms with Gasteiger partial charge in [0.05, 0.1) is 5.56 Å². The van der Waals surface area contributed by atoms with E-state index in [4.69, 9.17) is 9.84 Å². The summed E-state index contributed by atoms with van der Waals surface area (Å²) in [5.74, 6) is -2.90. The number of carbonyl (C=O) groups is 2. The van der Waals surface area contributed by atoms with Gasteiger partial charge in [0.15, 0.2) is 6.10 Å². The highest BCUT2D eigenvalue weighted by atomic mass is 19.4. The van der Waals surface area contributed by atoms with Crippen molar-refractivity contribution in [3.05, 3.63) is 29.8 Å². The molecule has 1 aromatic rings. The number of carboxylic acids is 1. The number of halogens is 3. The van der Waals surface area contributed by atoms with Crippen molar-refractivity contribution < 1.29 is 32.6 Å². The molecular formula is C15H18F3NO4. The molecule has 0 bridgehead atoms. The zero-order valence-corrected chi connectivity index (χ0v) is 12.8. The maximum Gasteiger partial charge on any atom is 0.419 e. The van der Waals surface area contributed by atoms with Crippen LogP contribution in [0.5, 0.6) is 5.75 Å². The van der Waals surface area contributed by atoms with E-state index in [-0.39, 0.29) is 5.92 Å². The minimum absolute atomic E-state index is 0.383. The van der Waals surface area contributed by atoms with Gasteiger partial charge >= 0.3 is 12.1 Å². The fourth-order valence-electron chi connectivity index (χ4n) is 1.83. The van der Waals surface area contributed by atoms with E-state index >= 15 is 0 Å². The lowest BCUT2D eigenvalue weighted by Crippen LogP contribution is -2.48. The van der Waals surface area contributed by atoms with Gasteiger partial charge in [-0.15, -0.1) is 0 Å². The summed E-state index contributed by atoms with van der Waals surface area (Å²) in [6, 6.07) is 3.35. The maximum atomic E-state index is 12.9. The van der Waals surface area contributed by atoms with Gasteiger partial charge in [0.1, 0.15) is 11.8 Å². The molecule has 1 aromatic carbocycles. The molecule has 8 heteroatoms. The summed E-state index contributed by atoms with van der Waals surface area (Å²) in [4.78, 5) is 23.0. The molecule has 0 fully saturated rings. The molecule has 0 saturated carbocycles. The Kier molecular flexibility index (Phi) is 6.00. The number of ether oxygens (including phenoxy) is 1. The molecule has 0 aliphatic carbocycles. The largest absolute Gasteiger partial charge is 0.480 e. The van der Waals surface area contributed by atoms with Crippen LogP contribution in [0.2, 0.25) is 0 Å². The number of aliphatic carboxylic acids is 1. The van der Waals surface area contributed by atoms with Gasteiger partial charge in [-0.25, -0.2) is 4.79 Å². The van der Waals surface area contributed by atoms with Crippen LogP contribution in [0, 0.1) is 5.92 Å². The summed E-state index contributed by atoms with van der Waals surface area (Å²) in [6.07, 6.45) is -5.90. The van der Waals surface area contributed by atoms with E-state index in [2.05, 4.69) is 5.32 Å². The number of hydrogen-bond donors (Lipinski definition) is 2. The van der Waals surface area contributed by atoms with Crippen LogP contribution < -0.4 is 10.1 Å². The Bertz CT molecular complexity index is 572. The lowest BCUT2D eigenvalue weighted by atomic mass is 10.0. The monoisotopic (exact) mass is 333 g/mol. The first-order valence-corrected chi connectivity index (χ1v) is 6.90. The number of amides is 1. The average molecular weight is 333 g/mol. The first-order chi connectivity index (χ1) is 10.5. The molecule has 0 aliphatic rings. The molecule has 2 N–H and O–H groups in total. The smallest absolute Gasteiger partial charge is 0.419 e. The second kappa shape index (κ2) is 7.34. The number of para-hydroxylation sites is 1. The maximum absolute atomic E-state index is 12.9. The van der Waals surface area contributed by atoms with Crippen molar-refractivity contribution >= 4 is 11.9 Å². The number of carboxylic acid groups (broad SMARTS) is 1. The average Bonchev–Trinajstić information content (AvgIpc) is 2.43. The molecule has 2 atom stereocenters. The van der Waals surface area contributed by atoms with Crippen LogP contribution in [0.1, 0.15) is 26.3 Å². The van der Waals surface area contributed by atoms with Crippen LogP contribution in [0.15, 0.2) is 24.3 Å². The molecule has 0 saturated heterocycles. The molecule has 1 amide bonds. The molecule has 2 unspecified atom stereocenters. The third-order valence-corrected chi connectivity index (χ3v) is 3.10.